The molecule has 0 amide bonds. The quantitative estimate of drug-likeness (QED) is 0.533. The summed E-state index contributed by atoms with van der Waals surface area (Å²) in [6.45, 7) is 3.88. The van der Waals surface area contributed by atoms with Crippen LogP contribution in [0.5, 0.6) is 0 Å². The Labute approximate surface area is 65.1 Å². The monoisotopic (exact) mass is 182 g/mol. The van der Waals surface area contributed by atoms with Gasteiger partial charge in [-0.1, -0.05) is 0 Å². The Morgan fingerprint density at radius 1 is 1.89 bits per heavy atom. The minimum absolute atomic E-state index is 0.256. The molecule has 0 aliphatic rings. The van der Waals surface area contributed by atoms with Gasteiger partial charge < -0.3 is 0 Å². The van der Waals surface area contributed by atoms with E-state index in [1.807, 2.05) is 13.8 Å². The van der Waals surface area contributed by atoms with E-state index in [0.29, 0.717) is 0 Å². The first-order valence-electron chi connectivity index (χ1n) is 2.85. The molecule has 0 aliphatic heterocycles. The van der Waals surface area contributed by atoms with E-state index in [9.17, 15) is 4.57 Å². The molecule has 0 aromatic heterocycles. The SMILES string of the molecule is CC=[C]([Ti][CH2]C)[PH](=O)O. The van der Waals surface area contributed by atoms with Crippen molar-refractivity contribution in [3.8, 4) is 0 Å². The zero-order valence-electron chi connectivity index (χ0n) is 5.64. The van der Waals surface area contributed by atoms with Gasteiger partial charge in [-0.2, -0.15) is 0 Å². The molecule has 0 bridgehead atoms. The summed E-state index contributed by atoms with van der Waals surface area (Å²) in [4.78, 5) is 8.65. The van der Waals surface area contributed by atoms with Crippen molar-refractivity contribution in [2.24, 2.45) is 0 Å². The first-order chi connectivity index (χ1) is 4.22. The minimum atomic E-state index is -2.32. The van der Waals surface area contributed by atoms with Crippen LogP contribution in [0.3, 0.4) is 0 Å². The molecule has 0 aliphatic carbocycles. The Hall–Kier alpha value is 0.644. The molecule has 2 nitrogen and oxygen atoms in total. The van der Waals surface area contributed by atoms with Crippen LogP contribution in [0.25, 0.3) is 0 Å². The maximum absolute atomic E-state index is 10.5. The van der Waals surface area contributed by atoms with Crippen molar-refractivity contribution >= 4 is 8.03 Å². The molecule has 0 rings (SSSR count). The Kier molecular flexibility index (Phi) is 5.82. The molecule has 52 valence electrons. The van der Waals surface area contributed by atoms with Crippen molar-refractivity contribution in [2.45, 2.75) is 18.6 Å². The molecule has 0 saturated carbocycles. The number of allylic oxidation sites excluding steroid dienone is 1. The first kappa shape index (κ1) is 9.64. The van der Waals surface area contributed by atoms with Crippen LogP contribution in [0.15, 0.2) is 9.69 Å². The van der Waals surface area contributed by atoms with Gasteiger partial charge in [-0.15, -0.1) is 0 Å². The fourth-order valence-electron chi connectivity index (χ4n) is 0.492. The van der Waals surface area contributed by atoms with Crippen molar-refractivity contribution in [1.82, 2.24) is 0 Å². The van der Waals surface area contributed by atoms with E-state index in [2.05, 4.69) is 0 Å². The molecule has 0 radical (unpaired) electrons. The molecule has 0 heterocycles. The standard InChI is InChI=1S/C3H6O2P.C2H5.Ti/c1-2-3-6(4)5;1-2;/h2,6H,1H3,(H,4,5);1H2,2H3;. The average molecular weight is 182 g/mol. The molecule has 1 atom stereocenters. The fraction of sp³-hybridized carbons (Fsp3) is 0.600. The van der Waals surface area contributed by atoms with Crippen LogP contribution in [-0.2, 0) is 23.7 Å². The van der Waals surface area contributed by atoms with Gasteiger partial charge in [0.15, 0.2) is 0 Å². The number of rotatable bonds is 3. The van der Waals surface area contributed by atoms with Crippen LogP contribution >= 0.6 is 8.03 Å². The maximum atomic E-state index is 10.5. The van der Waals surface area contributed by atoms with E-state index in [1.54, 1.807) is 6.08 Å². The van der Waals surface area contributed by atoms with Crippen molar-refractivity contribution in [1.29, 1.82) is 0 Å². The third-order valence-corrected chi connectivity index (χ3v) is 4.96. The Balaban J connectivity index is 3.85. The summed E-state index contributed by atoms with van der Waals surface area (Å²) in [6.07, 6.45) is 1.78. The second-order valence-corrected chi connectivity index (χ2v) is 5.97. The molecule has 0 saturated heterocycles. The molecule has 4 heteroatoms. The summed E-state index contributed by atoms with van der Waals surface area (Å²) in [5.74, 6) is 0. The first-order valence-corrected chi connectivity index (χ1v) is 6.09. The number of hydrogen-bond acceptors (Lipinski definition) is 1. The number of hydrogen-bond donors (Lipinski definition) is 1. The van der Waals surface area contributed by atoms with Crippen molar-refractivity contribution in [3.63, 3.8) is 0 Å². The van der Waals surface area contributed by atoms with Gasteiger partial charge >= 0.3 is 64.9 Å². The van der Waals surface area contributed by atoms with Gasteiger partial charge in [-0.05, 0) is 0 Å². The van der Waals surface area contributed by atoms with Gasteiger partial charge in [0.2, 0.25) is 0 Å². The second kappa shape index (κ2) is 5.43. The zero-order valence-corrected chi connectivity index (χ0v) is 8.20. The average Bonchev–Trinajstić information content (AvgIpc) is 1.82. The summed E-state index contributed by atoms with van der Waals surface area (Å²) >= 11 is -0.256. The van der Waals surface area contributed by atoms with Gasteiger partial charge in [-0.25, -0.2) is 0 Å². The summed E-state index contributed by atoms with van der Waals surface area (Å²) in [7, 11) is -2.32. The van der Waals surface area contributed by atoms with E-state index < -0.39 is 8.03 Å². The summed E-state index contributed by atoms with van der Waals surface area (Å²) in [5.41, 5.74) is 0. The summed E-state index contributed by atoms with van der Waals surface area (Å²) < 4.78 is 12.4. The van der Waals surface area contributed by atoms with E-state index in [1.165, 1.54) is 0 Å². The van der Waals surface area contributed by atoms with Gasteiger partial charge in [0.1, 0.15) is 0 Å². The van der Waals surface area contributed by atoms with E-state index in [0.717, 1.165) is 8.34 Å². The van der Waals surface area contributed by atoms with Crippen LogP contribution in [-0.4, -0.2) is 4.89 Å². The summed E-state index contributed by atoms with van der Waals surface area (Å²) in [6, 6.07) is 0. The van der Waals surface area contributed by atoms with Crippen molar-refractivity contribution in [3.05, 3.63) is 9.69 Å². The normalized spacial score (nSPS) is 15.2. The molecule has 9 heavy (non-hydrogen) atoms. The molecule has 1 N–H and O–H groups in total. The van der Waals surface area contributed by atoms with E-state index >= 15 is 0 Å². The molecule has 0 aromatic rings. The topological polar surface area (TPSA) is 37.3 Å². The molecular formula is C5H11O2PTi. The third kappa shape index (κ3) is 4.10. The fourth-order valence-corrected chi connectivity index (χ4v) is 3.24. The predicted molar refractivity (Wildman–Crippen MR) is 35.5 cm³/mol. The Morgan fingerprint density at radius 2 is 2.44 bits per heavy atom. The van der Waals surface area contributed by atoms with Gasteiger partial charge in [0.05, 0.1) is 0 Å². The van der Waals surface area contributed by atoms with E-state index in [-0.39, 0.29) is 19.2 Å². The van der Waals surface area contributed by atoms with Crippen LogP contribution in [0.2, 0.25) is 4.73 Å². The van der Waals surface area contributed by atoms with Crippen LogP contribution in [0.1, 0.15) is 13.8 Å². The molecular weight excluding hydrogens is 171 g/mol. The second-order valence-electron chi connectivity index (χ2n) is 1.54. The van der Waals surface area contributed by atoms with Gasteiger partial charge in [0.25, 0.3) is 0 Å². The van der Waals surface area contributed by atoms with Crippen LogP contribution < -0.4 is 0 Å². The molecule has 0 aromatic carbocycles. The third-order valence-electron chi connectivity index (χ3n) is 0.886. The van der Waals surface area contributed by atoms with Crippen LogP contribution in [0, 0.1) is 0 Å². The van der Waals surface area contributed by atoms with Crippen LogP contribution in [0.4, 0.5) is 0 Å². The Morgan fingerprint density at radius 3 is 2.56 bits per heavy atom. The van der Waals surface area contributed by atoms with Gasteiger partial charge in [0, 0.05) is 0 Å². The molecule has 0 fully saturated rings. The van der Waals surface area contributed by atoms with Crippen molar-refractivity contribution in [2.75, 3.05) is 0 Å². The predicted octanol–water partition coefficient (Wildman–Crippen LogP) is 1.84. The molecule has 1 unspecified atom stereocenters. The summed E-state index contributed by atoms with van der Waals surface area (Å²) in [5, 5.41) is 0. The zero-order chi connectivity index (χ0) is 7.28. The van der Waals surface area contributed by atoms with E-state index in [4.69, 9.17) is 4.89 Å². The Bertz CT molecular complexity index is 133. The molecule has 0 spiro atoms. The van der Waals surface area contributed by atoms with Gasteiger partial charge in [-0.3, -0.25) is 0 Å². The van der Waals surface area contributed by atoms with Crippen molar-refractivity contribution < 1.29 is 28.6 Å².